The van der Waals surface area contributed by atoms with Gasteiger partial charge in [-0.2, -0.15) is 13.2 Å². The Morgan fingerprint density at radius 1 is 1.15 bits per heavy atom. The molecule has 0 radical (unpaired) electrons. The Labute approximate surface area is 151 Å². The van der Waals surface area contributed by atoms with Gasteiger partial charge in [0, 0.05) is 29.5 Å². The highest BCUT2D eigenvalue weighted by atomic mass is 32.2. The van der Waals surface area contributed by atoms with Crippen molar-refractivity contribution in [3.8, 4) is 0 Å². The van der Waals surface area contributed by atoms with Crippen LogP contribution >= 0.6 is 11.8 Å². The molecule has 8 heteroatoms. The third-order valence-corrected chi connectivity index (χ3v) is 5.27. The number of rotatable bonds is 2. The van der Waals surface area contributed by atoms with Gasteiger partial charge in [0.15, 0.2) is 0 Å². The number of nitrogens with zero attached hydrogens (tertiary/aromatic N) is 3. The maximum Gasteiger partial charge on any atom is 0.416 e. The van der Waals surface area contributed by atoms with Gasteiger partial charge in [0.05, 0.1) is 23.5 Å². The number of benzene rings is 1. The first kappa shape index (κ1) is 17.0. The van der Waals surface area contributed by atoms with E-state index < -0.39 is 11.7 Å². The summed E-state index contributed by atoms with van der Waals surface area (Å²) < 4.78 is 40.6. The normalized spacial score (nSPS) is 14.5. The highest BCUT2D eigenvalue weighted by molar-refractivity contribution is 7.99. The van der Waals surface area contributed by atoms with Crippen molar-refractivity contribution in [1.29, 1.82) is 0 Å². The number of alkyl halides is 3. The Bertz CT molecular complexity index is 1030. The molecule has 1 aliphatic heterocycles. The Morgan fingerprint density at radius 2 is 2.00 bits per heavy atom. The first-order valence-electron chi connectivity index (χ1n) is 7.98. The number of hydrogen-bond acceptors (Lipinski definition) is 4. The second-order valence-corrected chi connectivity index (χ2v) is 7.10. The number of halogens is 3. The first-order valence-corrected chi connectivity index (χ1v) is 8.97. The Morgan fingerprint density at radius 3 is 2.81 bits per heavy atom. The lowest BCUT2D eigenvalue weighted by atomic mass is 10.1. The van der Waals surface area contributed by atoms with Crippen LogP contribution in [0.3, 0.4) is 0 Å². The standard InChI is InChI=1S/C18H14F3N3OS/c19-18(20,21)12-4-5-15-14(9-12)23(7-8-26-15)11-13-10-17(25)24-6-2-1-3-16(24)22-13/h1-6,9-10H,7-8,11H2. The van der Waals surface area contributed by atoms with Crippen molar-refractivity contribution in [2.24, 2.45) is 0 Å². The number of fused-ring (bicyclic) bond motifs is 2. The van der Waals surface area contributed by atoms with Crippen LogP contribution in [0.2, 0.25) is 0 Å². The summed E-state index contributed by atoms with van der Waals surface area (Å²) in [5.41, 5.74) is 0.713. The van der Waals surface area contributed by atoms with Gasteiger partial charge in [-0.15, -0.1) is 11.8 Å². The average Bonchev–Trinajstić information content (AvgIpc) is 2.61. The maximum atomic E-state index is 13.1. The molecule has 0 unspecified atom stereocenters. The average molecular weight is 377 g/mol. The van der Waals surface area contributed by atoms with Gasteiger partial charge in [-0.3, -0.25) is 9.20 Å². The van der Waals surface area contributed by atoms with E-state index in [1.807, 2.05) is 4.90 Å². The summed E-state index contributed by atoms with van der Waals surface area (Å²) in [6, 6.07) is 10.5. The molecule has 3 aromatic rings. The van der Waals surface area contributed by atoms with Crippen molar-refractivity contribution in [3.63, 3.8) is 0 Å². The maximum absolute atomic E-state index is 13.1. The summed E-state index contributed by atoms with van der Waals surface area (Å²) in [5, 5.41) is 0. The summed E-state index contributed by atoms with van der Waals surface area (Å²) in [6.07, 6.45) is -2.75. The van der Waals surface area contributed by atoms with Gasteiger partial charge in [-0.05, 0) is 30.3 Å². The zero-order chi connectivity index (χ0) is 18.3. The molecule has 3 heterocycles. The van der Waals surface area contributed by atoms with Crippen LogP contribution in [0.5, 0.6) is 0 Å². The van der Waals surface area contributed by atoms with Crippen LogP contribution in [0.15, 0.2) is 58.4 Å². The van der Waals surface area contributed by atoms with Crippen LogP contribution < -0.4 is 10.5 Å². The third-order valence-electron chi connectivity index (χ3n) is 4.22. The smallest absolute Gasteiger partial charge is 0.364 e. The molecular formula is C18H14F3N3OS. The molecule has 0 fully saturated rings. The molecule has 1 aliphatic rings. The molecule has 0 aliphatic carbocycles. The van der Waals surface area contributed by atoms with Crippen LogP contribution in [0.1, 0.15) is 11.3 Å². The lowest BCUT2D eigenvalue weighted by Crippen LogP contribution is -2.30. The Kier molecular flexibility index (Phi) is 4.14. The summed E-state index contributed by atoms with van der Waals surface area (Å²) >= 11 is 1.53. The van der Waals surface area contributed by atoms with E-state index >= 15 is 0 Å². The minimum absolute atomic E-state index is 0.207. The van der Waals surface area contributed by atoms with Gasteiger partial charge in [0.1, 0.15) is 5.65 Å². The molecule has 0 saturated carbocycles. The van der Waals surface area contributed by atoms with Crippen molar-refractivity contribution in [1.82, 2.24) is 9.38 Å². The molecule has 4 nitrogen and oxygen atoms in total. The van der Waals surface area contributed by atoms with Crippen LogP contribution in [0.25, 0.3) is 5.65 Å². The zero-order valence-corrected chi connectivity index (χ0v) is 14.3. The van der Waals surface area contributed by atoms with E-state index in [0.717, 1.165) is 16.7 Å². The molecule has 2 aromatic heterocycles. The second-order valence-electron chi connectivity index (χ2n) is 5.96. The molecule has 0 N–H and O–H groups in total. The van der Waals surface area contributed by atoms with Crippen LogP contribution in [0, 0.1) is 0 Å². The van der Waals surface area contributed by atoms with Crippen molar-refractivity contribution in [3.05, 3.63) is 70.3 Å². The van der Waals surface area contributed by atoms with E-state index in [2.05, 4.69) is 4.98 Å². The molecule has 26 heavy (non-hydrogen) atoms. The van der Waals surface area contributed by atoms with Gasteiger partial charge in [0.2, 0.25) is 0 Å². The summed E-state index contributed by atoms with van der Waals surface area (Å²) in [5.74, 6) is 0.769. The molecular weight excluding hydrogens is 363 g/mol. The van der Waals surface area contributed by atoms with Crippen LogP contribution in [-0.2, 0) is 12.7 Å². The topological polar surface area (TPSA) is 37.6 Å². The largest absolute Gasteiger partial charge is 0.416 e. The molecule has 1 aromatic carbocycles. The minimum Gasteiger partial charge on any atom is -0.364 e. The third kappa shape index (κ3) is 3.16. The summed E-state index contributed by atoms with van der Waals surface area (Å²) in [6.45, 7) is 0.879. The fraction of sp³-hybridized carbons (Fsp3) is 0.222. The van der Waals surface area contributed by atoms with Crippen molar-refractivity contribution >= 4 is 23.1 Å². The van der Waals surface area contributed by atoms with Crippen LogP contribution in [0.4, 0.5) is 18.9 Å². The van der Waals surface area contributed by atoms with Crippen LogP contribution in [-0.4, -0.2) is 21.7 Å². The van der Waals surface area contributed by atoms with E-state index in [1.165, 1.54) is 34.4 Å². The molecule has 134 valence electrons. The van der Waals surface area contributed by atoms with Crippen molar-refractivity contribution in [2.45, 2.75) is 17.6 Å². The molecule has 0 amide bonds. The SMILES string of the molecule is O=c1cc(CN2CCSc3ccc(C(F)(F)F)cc32)nc2ccccn12. The first-order chi connectivity index (χ1) is 12.4. The van der Waals surface area contributed by atoms with Gasteiger partial charge in [-0.1, -0.05) is 6.07 Å². The Balaban J connectivity index is 1.71. The predicted molar refractivity (Wildman–Crippen MR) is 94.7 cm³/mol. The van der Waals surface area contributed by atoms with E-state index in [4.69, 9.17) is 0 Å². The molecule has 0 saturated heterocycles. The quantitative estimate of drug-likeness (QED) is 0.680. The predicted octanol–water partition coefficient (Wildman–Crippen LogP) is 3.83. The number of hydrogen-bond donors (Lipinski definition) is 0. The van der Waals surface area contributed by atoms with E-state index in [0.29, 0.717) is 23.6 Å². The summed E-state index contributed by atoms with van der Waals surface area (Å²) in [7, 11) is 0. The molecule has 0 bridgehead atoms. The lowest BCUT2D eigenvalue weighted by molar-refractivity contribution is -0.137. The second kappa shape index (κ2) is 6.35. The fourth-order valence-electron chi connectivity index (χ4n) is 2.99. The highest BCUT2D eigenvalue weighted by Gasteiger charge is 2.32. The monoisotopic (exact) mass is 377 g/mol. The van der Waals surface area contributed by atoms with E-state index in [9.17, 15) is 18.0 Å². The molecule has 0 atom stereocenters. The lowest BCUT2D eigenvalue weighted by Gasteiger charge is -2.31. The Hall–Kier alpha value is -2.48. The van der Waals surface area contributed by atoms with Gasteiger partial charge >= 0.3 is 6.18 Å². The number of anilines is 1. The van der Waals surface area contributed by atoms with Crippen molar-refractivity contribution in [2.75, 3.05) is 17.2 Å². The van der Waals surface area contributed by atoms with Crippen molar-refractivity contribution < 1.29 is 13.2 Å². The number of thioether (sulfide) groups is 1. The van der Waals surface area contributed by atoms with E-state index in [1.54, 1.807) is 24.4 Å². The minimum atomic E-state index is -4.39. The van der Waals surface area contributed by atoms with E-state index in [-0.39, 0.29) is 12.1 Å². The van der Waals surface area contributed by atoms with Gasteiger partial charge in [0.25, 0.3) is 5.56 Å². The zero-order valence-electron chi connectivity index (χ0n) is 13.5. The summed E-state index contributed by atoms with van der Waals surface area (Å²) in [4.78, 5) is 19.3. The van der Waals surface area contributed by atoms with Gasteiger partial charge in [-0.25, -0.2) is 4.98 Å². The fourth-order valence-corrected chi connectivity index (χ4v) is 4.02. The molecule has 0 spiro atoms. The number of aromatic nitrogens is 2. The highest BCUT2D eigenvalue weighted by Crippen LogP contribution is 2.40. The number of pyridine rings is 1. The van der Waals surface area contributed by atoms with Gasteiger partial charge < -0.3 is 4.90 Å². The molecule has 4 rings (SSSR count).